The van der Waals surface area contributed by atoms with Crippen molar-refractivity contribution in [2.45, 2.75) is 6.61 Å². The molecule has 0 amide bonds. The summed E-state index contributed by atoms with van der Waals surface area (Å²) < 4.78 is 10.7. The predicted molar refractivity (Wildman–Crippen MR) is 77.2 cm³/mol. The van der Waals surface area contributed by atoms with Crippen LogP contribution in [-0.4, -0.2) is 10.1 Å². The Kier molecular flexibility index (Phi) is 3.47. The molecule has 106 valence electrons. The standard InChI is InChI=1S/C16H13NO4/c18-15-14(21-16(19)17-15)12-8-4-5-9-13(12)20-10-11-6-2-1-3-7-11/h1-9,18H,10H2,(H,17,19). The molecule has 2 aromatic carbocycles. The highest BCUT2D eigenvalue weighted by atomic mass is 16.5. The fourth-order valence-corrected chi connectivity index (χ4v) is 2.02. The summed E-state index contributed by atoms with van der Waals surface area (Å²) in [6.45, 7) is 0.382. The van der Waals surface area contributed by atoms with Crippen LogP contribution in [0.15, 0.2) is 63.8 Å². The molecule has 0 unspecified atom stereocenters. The number of hydrogen-bond donors (Lipinski definition) is 2. The monoisotopic (exact) mass is 283 g/mol. The third kappa shape index (κ3) is 2.81. The zero-order valence-electron chi connectivity index (χ0n) is 11.1. The van der Waals surface area contributed by atoms with E-state index in [2.05, 4.69) is 4.98 Å². The van der Waals surface area contributed by atoms with Gasteiger partial charge in [-0.25, -0.2) is 4.79 Å². The number of ether oxygens (including phenoxy) is 1. The van der Waals surface area contributed by atoms with Gasteiger partial charge in [-0.05, 0) is 17.7 Å². The van der Waals surface area contributed by atoms with E-state index in [1.54, 1.807) is 18.2 Å². The summed E-state index contributed by atoms with van der Waals surface area (Å²) in [5.74, 6) is -0.417. The molecule has 0 fully saturated rings. The van der Waals surface area contributed by atoms with Crippen molar-refractivity contribution in [2.75, 3.05) is 0 Å². The van der Waals surface area contributed by atoms with Gasteiger partial charge in [0, 0.05) is 0 Å². The molecule has 0 aliphatic heterocycles. The number of aromatic nitrogens is 1. The summed E-state index contributed by atoms with van der Waals surface area (Å²) in [5, 5.41) is 9.69. The van der Waals surface area contributed by atoms with E-state index in [1.807, 2.05) is 36.4 Å². The first kappa shape index (κ1) is 13.1. The van der Waals surface area contributed by atoms with Crippen LogP contribution in [0.25, 0.3) is 11.3 Å². The largest absolute Gasteiger partial charge is 0.492 e. The van der Waals surface area contributed by atoms with Crippen LogP contribution in [-0.2, 0) is 6.61 Å². The molecular formula is C16H13NO4. The van der Waals surface area contributed by atoms with Gasteiger partial charge < -0.3 is 14.3 Å². The first-order valence-corrected chi connectivity index (χ1v) is 6.42. The van der Waals surface area contributed by atoms with E-state index >= 15 is 0 Å². The number of hydrogen-bond acceptors (Lipinski definition) is 4. The van der Waals surface area contributed by atoms with Gasteiger partial charge in [-0.15, -0.1) is 0 Å². The van der Waals surface area contributed by atoms with E-state index in [-0.39, 0.29) is 11.6 Å². The molecule has 3 aromatic rings. The molecule has 0 aliphatic carbocycles. The molecule has 0 aliphatic rings. The smallest absolute Gasteiger partial charge is 0.419 e. The Morgan fingerprint density at radius 1 is 1.05 bits per heavy atom. The van der Waals surface area contributed by atoms with Crippen LogP contribution in [0.5, 0.6) is 11.6 Å². The van der Waals surface area contributed by atoms with Crippen molar-refractivity contribution < 1.29 is 14.3 Å². The molecular weight excluding hydrogens is 270 g/mol. The first-order chi connectivity index (χ1) is 10.2. The number of aromatic hydroxyl groups is 1. The van der Waals surface area contributed by atoms with Gasteiger partial charge in [0.25, 0.3) is 0 Å². The van der Waals surface area contributed by atoms with Crippen LogP contribution in [0.4, 0.5) is 0 Å². The van der Waals surface area contributed by atoms with Gasteiger partial charge in [0.2, 0.25) is 11.6 Å². The topological polar surface area (TPSA) is 75.5 Å². The second kappa shape index (κ2) is 5.58. The van der Waals surface area contributed by atoms with Crippen LogP contribution in [0, 0.1) is 0 Å². The fourth-order valence-electron chi connectivity index (χ4n) is 2.02. The summed E-state index contributed by atoms with van der Waals surface area (Å²) in [7, 11) is 0. The molecule has 0 radical (unpaired) electrons. The number of rotatable bonds is 4. The molecule has 21 heavy (non-hydrogen) atoms. The van der Waals surface area contributed by atoms with Crippen molar-refractivity contribution in [3.8, 4) is 23.0 Å². The van der Waals surface area contributed by atoms with Gasteiger partial charge in [-0.1, -0.05) is 42.5 Å². The SMILES string of the molecule is O=c1[nH]c(O)c(-c2ccccc2OCc2ccccc2)o1. The highest BCUT2D eigenvalue weighted by Gasteiger charge is 2.15. The number of benzene rings is 2. The Bertz CT molecular complexity index is 789. The van der Waals surface area contributed by atoms with Crippen molar-refractivity contribution in [3.05, 3.63) is 70.7 Å². The minimum atomic E-state index is -0.708. The lowest BCUT2D eigenvalue weighted by Crippen LogP contribution is -1.96. The van der Waals surface area contributed by atoms with Gasteiger partial charge in [0.15, 0.2) is 0 Å². The molecule has 1 heterocycles. The number of para-hydroxylation sites is 1. The maximum absolute atomic E-state index is 11.2. The molecule has 0 spiro atoms. The highest BCUT2D eigenvalue weighted by Crippen LogP contribution is 2.34. The average Bonchev–Trinajstić information content (AvgIpc) is 2.85. The Hall–Kier alpha value is -2.95. The van der Waals surface area contributed by atoms with E-state index in [9.17, 15) is 9.90 Å². The fraction of sp³-hybridized carbons (Fsp3) is 0.0625. The third-order valence-corrected chi connectivity index (χ3v) is 3.00. The minimum absolute atomic E-state index is 0.0728. The van der Waals surface area contributed by atoms with Crippen LogP contribution >= 0.6 is 0 Å². The third-order valence-electron chi connectivity index (χ3n) is 3.00. The maximum Gasteiger partial charge on any atom is 0.419 e. The molecule has 0 bridgehead atoms. The molecule has 3 rings (SSSR count). The average molecular weight is 283 g/mol. The molecule has 5 heteroatoms. The zero-order chi connectivity index (χ0) is 14.7. The maximum atomic E-state index is 11.2. The summed E-state index contributed by atoms with van der Waals surface area (Å²) in [6, 6.07) is 16.8. The lowest BCUT2D eigenvalue weighted by Gasteiger charge is -2.09. The Balaban J connectivity index is 1.90. The zero-order valence-corrected chi connectivity index (χ0v) is 11.1. The number of nitrogens with one attached hydrogen (secondary N) is 1. The lowest BCUT2D eigenvalue weighted by molar-refractivity contribution is 0.306. The Labute approximate surface area is 120 Å². The van der Waals surface area contributed by atoms with Crippen molar-refractivity contribution in [3.63, 3.8) is 0 Å². The number of aromatic amines is 1. The van der Waals surface area contributed by atoms with Crippen molar-refractivity contribution in [1.82, 2.24) is 4.98 Å². The molecule has 2 N–H and O–H groups in total. The van der Waals surface area contributed by atoms with E-state index in [4.69, 9.17) is 9.15 Å². The van der Waals surface area contributed by atoms with Gasteiger partial charge in [-0.2, -0.15) is 0 Å². The molecule has 1 aromatic heterocycles. The second-order valence-corrected chi connectivity index (χ2v) is 4.46. The van der Waals surface area contributed by atoms with Crippen LogP contribution in [0.3, 0.4) is 0 Å². The minimum Gasteiger partial charge on any atom is -0.492 e. The molecule has 0 atom stereocenters. The van der Waals surface area contributed by atoms with Gasteiger partial charge in [0.05, 0.1) is 5.56 Å². The summed E-state index contributed by atoms with van der Waals surface area (Å²) >= 11 is 0. The number of oxazole rings is 1. The van der Waals surface area contributed by atoms with Crippen LogP contribution in [0.2, 0.25) is 0 Å². The quantitative estimate of drug-likeness (QED) is 0.772. The predicted octanol–water partition coefficient (Wildman–Crippen LogP) is 2.92. The van der Waals surface area contributed by atoms with Crippen molar-refractivity contribution >= 4 is 0 Å². The van der Waals surface area contributed by atoms with E-state index in [0.29, 0.717) is 17.9 Å². The van der Waals surface area contributed by atoms with Gasteiger partial charge in [0.1, 0.15) is 12.4 Å². The van der Waals surface area contributed by atoms with Crippen LogP contribution in [0.1, 0.15) is 5.56 Å². The van der Waals surface area contributed by atoms with E-state index in [1.165, 1.54) is 0 Å². The lowest BCUT2D eigenvalue weighted by atomic mass is 10.1. The van der Waals surface area contributed by atoms with Gasteiger partial charge in [-0.3, -0.25) is 4.98 Å². The second-order valence-electron chi connectivity index (χ2n) is 4.46. The van der Waals surface area contributed by atoms with Crippen molar-refractivity contribution in [2.24, 2.45) is 0 Å². The summed E-state index contributed by atoms with van der Waals surface area (Å²) in [5.41, 5.74) is 1.54. The summed E-state index contributed by atoms with van der Waals surface area (Å²) in [6.07, 6.45) is 0. The Morgan fingerprint density at radius 2 is 1.76 bits per heavy atom. The molecule has 5 nitrogen and oxygen atoms in total. The summed E-state index contributed by atoms with van der Waals surface area (Å²) in [4.78, 5) is 13.3. The van der Waals surface area contributed by atoms with E-state index in [0.717, 1.165) is 5.56 Å². The van der Waals surface area contributed by atoms with E-state index < -0.39 is 5.76 Å². The Morgan fingerprint density at radius 3 is 2.48 bits per heavy atom. The number of H-pyrrole nitrogens is 1. The molecule has 0 saturated carbocycles. The first-order valence-electron chi connectivity index (χ1n) is 6.42. The van der Waals surface area contributed by atoms with Gasteiger partial charge >= 0.3 is 5.76 Å². The highest BCUT2D eigenvalue weighted by molar-refractivity contribution is 5.69. The molecule has 0 saturated heterocycles. The van der Waals surface area contributed by atoms with Crippen LogP contribution < -0.4 is 10.5 Å². The normalized spacial score (nSPS) is 10.5. The van der Waals surface area contributed by atoms with Crippen molar-refractivity contribution in [1.29, 1.82) is 0 Å².